The number of benzene rings is 2. The van der Waals surface area contributed by atoms with Crippen molar-refractivity contribution in [3.63, 3.8) is 0 Å². The first-order chi connectivity index (χ1) is 20.9. The third-order valence-electron chi connectivity index (χ3n) is 7.77. The van der Waals surface area contributed by atoms with Crippen LogP contribution in [-0.2, 0) is 32.0 Å². The number of nitrogens with zero attached hydrogens (tertiary/aromatic N) is 1. The molecule has 1 amide bonds. The lowest BCUT2D eigenvalue weighted by Gasteiger charge is -2.39. The van der Waals surface area contributed by atoms with Crippen LogP contribution in [-0.4, -0.2) is 76.3 Å². The number of ether oxygens (including phenoxy) is 8. The molecule has 13 nitrogen and oxygen atoms in total. The lowest BCUT2D eigenvalue weighted by Crippen LogP contribution is -2.42. The van der Waals surface area contributed by atoms with Gasteiger partial charge in [-0.05, 0) is 52.8 Å². The first-order valence-corrected chi connectivity index (χ1v) is 14.2. The molecule has 3 atom stereocenters. The number of methoxy groups -OCH3 is 3. The van der Waals surface area contributed by atoms with Gasteiger partial charge in [-0.25, -0.2) is 14.4 Å². The van der Waals surface area contributed by atoms with Gasteiger partial charge in [0.2, 0.25) is 12.5 Å². The fourth-order valence-electron chi connectivity index (χ4n) is 5.89. The number of alkyl carbamates (subject to hydrolysis) is 1. The van der Waals surface area contributed by atoms with E-state index >= 15 is 0 Å². The van der Waals surface area contributed by atoms with E-state index in [9.17, 15) is 14.4 Å². The number of fused-ring (bicyclic) bond motifs is 3. The monoisotopic (exact) mass is 614 g/mol. The second-order valence-electron chi connectivity index (χ2n) is 11.7. The molecule has 0 aliphatic carbocycles. The van der Waals surface area contributed by atoms with Crippen molar-refractivity contribution >= 4 is 18.0 Å². The molecule has 0 spiro atoms. The Hall–Kier alpha value is -4.39. The van der Waals surface area contributed by atoms with Crippen LogP contribution in [0.1, 0.15) is 72.5 Å². The number of esters is 2. The van der Waals surface area contributed by atoms with Gasteiger partial charge in [0.1, 0.15) is 29.9 Å². The van der Waals surface area contributed by atoms with Crippen molar-refractivity contribution in [2.45, 2.75) is 64.5 Å². The average Bonchev–Trinajstić information content (AvgIpc) is 3.58. The van der Waals surface area contributed by atoms with Gasteiger partial charge in [-0.3, -0.25) is 4.90 Å². The quantitative estimate of drug-likeness (QED) is 0.341. The SMILES string of the molecule is COc1ccc2c(c1OC)C(=O)OC2C1c2c(c(COC(=O)C(C)NC(=O)OC(C)(C)C)c3c(c2OC)OCO3)CCN1C. The number of cyclic esters (lactones) is 1. The minimum Gasteiger partial charge on any atom is -0.493 e. The predicted molar refractivity (Wildman–Crippen MR) is 155 cm³/mol. The third-order valence-corrected chi connectivity index (χ3v) is 7.77. The van der Waals surface area contributed by atoms with Crippen molar-refractivity contribution in [3.05, 3.63) is 39.9 Å². The van der Waals surface area contributed by atoms with E-state index in [1.54, 1.807) is 32.9 Å². The average molecular weight is 615 g/mol. The van der Waals surface area contributed by atoms with E-state index in [2.05, 4.69) is 10.2 Å². The van der Waals surface area contributed by atoms with Crippen LogP contribution in [0.4, 0.5) is 4.79 Å². The summed E-state index contributed by atoms with van der Waals surface area (Å²) >= 11 is 0. The minimum absolute atomic E-state index is 0.0507. The van der Waals surface area contributed by atoms with Crippen LogP contribution in [0.2, 0.25) is 0 Å². The molecule has 0 fully saturated rings. The Kier molecular flexibility index (Phi) is 8.43. The number of likely N-dealkylation sites (N-methyl/N-ethyl adjacent to an activating group) is 1. The zero-order valence-corrected chi connectivity index (χ0v) is 26.2. The van der Waals surface area contributed by atoms with Crippen LogP contribution in [0.15, 0.2) is 12.1 Å². The molecular weight excluding hydrogens is 576 g/mol. The van der Waals surface area contributed by atoms with Crippen molar-refractivity contribution in [2.24, 2.45) is 0 Å². The number of rotatable bonds is 8. The summed E-state index contributed by atoms with van der Waals surface area (Å²) in [5, 5.41) is 2.50. The van der Waals surface area contributed by atoms with Crippen molar-refractivity contribution in [1.82, 2.24) is 10.2 Å². The lowest BCUT2D eigenvalue weighted by atomic mass is 9.83. The summed E-state index contributed by atoms with van der Waals surface area (Å²) in [6, 6.07) is 2.08. The molecule has 0 bridgehead atoms. The first-order valence-electron chi connectivity index (χ1n) is 14.2. The van der Waals surface area contributed by atoms with Gasteiger partial charge < -0.3 is 43.2 Å². The molecule has 13 heteroatoms. The van der Waals surface area contributed by atoms with E-state index < -0.39 is 41.8 Å². The molecule has 3 heterocycles. The molecule has 0 saturated heterocycles. The smallest absolute Gasteiger partial charge is 0.408 e. The maximum absolute atomic E-state index is 13.2. The Labute approximate surface area is 255 Å². The van der Waals surface area contributed by atoms with Gasteiger partial charge in [-0.15, -0.1) is 0 Å². The number of nitrogens with one attached hydrogen (secondary N) is 1. The van der Waals surface area contributed by atoms with Gasteiger partial charge in [0.25, 0.3) is 0 Å². The molecule has 2 aromatic rings. The molecule has 2 aromatic carbocycles. The number of hydrogen-bond donors (Lipinski definition) is 1. The van der Waals surface area contributed by atoms with Gasteiger partial charge in [-0.2, -0.15) is 0 Å². The zero-order valence-electron chi connectivity index (χ0n) is 26.2. The molecule has 44 heavy (non-hydrogen) atoms. The molecular formula is C31H38N2O11. The Morgan fingerprint density at radius 1 is 1.07 bits per heavy atom. The second kappa shape index (κ2) is 11.9. The number of amides is 1. The summed E-state index contributed by atoms with van der Waals surface area (Å²) < 4.78 is 45.5. The number of carbonyl (C=O) groups is 3. The molecule has 1 N–H and O–H groups in total. The Balaban J connectivity index is 1.52. The predicted octanol–water partition coefficient (Wildman–Crippen LogP) is 3.84. The highest BCUT2D eigenvalue weighted by molar-refractivity contribution is 5.98. The van der Waals surface area contributed by atoms with Gasteiger partial charge in [0, 0.05) is 23.2 Å². The Morgan fingerprint density at radius 2 is 1.77 bits per heavy atom. The molecule has 3 unspecified atom stereocenters. The Bertz CT molecular complexity index is 1480. The summed E-state index contributed by atoms with van der Waals surface area (Å²) in [7, 11) is 6.45. The van der Waals surface area contributed by atoms with Crippen molar-refractivity contribution in [2.75, 3.05) is 41.7 Å². The van der Waals surface area contributed by atoms with Crippen LogP contribution in [0.3, 0.4) is 0 Å². The van der Waals surface area contributed by atoms with Crippen molar-refractivity contribution in [1.29, 1.82) is 0 Å². The lowest BCUT2D eigenvalue weighted by molar-refractivity contribution is -0.147. The van der Waals surface area contributed by atoms with Crippen LogP contribution in [0.5, 0.6) is 28.7 Å². The number of carbonyl (C=O) groups excluding carboxylic acids is 3. The van der Waals surface area contributed by atoms with Crippen LogP contribution < -0.4 is 29.0 Å². The first kappa shape index (κ1) is 31.0. The van der Waals surface area contributed by atoms with Crippen LogP contribution in [0.25, 0.3) is 0 Å². The largest absolute Gasteiger partial charge is 0.493 e. The molecule has 3 aliphatic heterocycles. The van der Waals surface area contributed by atoms with Gasteiger partial charge in [-0.1, -0.05) is 6.07 Å². The number of hydrogen-bond acceptors (Lipinski definition) is 12. The van der Waals surface area contributed by atoms with Gasteiger partial charge in [0.05, 0.1) is 27.4 Å². The minimum atomic E-state index is -0.968. The van der Waals surface area contributed by atoms with Crippen LogP contribution >= 0.6 is 0 Å². The maximum atomic E-state index is 13.2. The van der Waals surface area contributed by atoms with Crippen LogP contribution in [0, 0.1) is 0 Å². The van der Waals surface area contributed by atoms with E-state index in [0.29, 0.717) is 58.4 Å². The molecule has 0 aromatic heterocycles. The van der Waals surface area contributed by atoms with E-state index in [4.69, 9.17) is 37.9 Å². The second-order valence-corrected chi connectivity index (χ2v) is 11.7. The fourth-order valence-corrected chi connectivity index (χ4v) is 5.89. The highest BCUT2D eigenvalue weighted by Crippen LogP contribution is 2.57. The summed E-state index contributed by atoms with van der Waals surface area (Å²) in [4.78, 5) is 40.5. The summed E-state index contributed by atoms with van der Waals surface area (Å²) in [6.07, 6.45) is -0.884. The topological polar surface area (TPSA) is 140 Å². The molecule has 3 aliphatic rings. The van der Waals surface area contributed by atoms with Crippen molar-refractivity contribution < 1.29 is 52.3 Å². The molecule has 0 radical (unpaired) electrons. The fraction of sp³-hybridized carbons (Fsp3) is 0.516. The highest BCUT2D eigenvalue weighted by atomic mass is 16.7. The van der Waals surface area contributed by atoms with Crippen molar-refractivity contribution in [3.8, 4) is 28.7 Å². The normalized spacial score (nSPS) is 19.3. The summed E-state index contributed by atoms with van der Waals surface area (Å²) in [6.45, 7) is 7.09. The third kappa shape index (κ3) is 5.51. The Morgan fingerprint density at radius 3 is 2.43 bits per heavy atom. The molecule has 238 valence electrons. The van der Waals surface area contributed by atoms with E-state index in [1.165, 1.54) is 28.3 Å². The molecule has 0 saturated carbocycles. The van der Waals surface area contributed by atoms with E-state index in [-0.39, 0.29) is 13.4 Å². The van der Waals surface area contributed by atoms with Gasteiger partial charge in [0.15, 0.2) is 23.0 Å². The van der Waals surface area contributed by atoms with Gasteiger partial charge >= 0.3 is 18.0 Å². The summed E-state index contributed by atoms with van der Waals surface area (Å²) in [5.74, 6) is 0.772. The standard InChI is InChI=1S/C31H38N2O11/c1-15(32-30(36)44-31(2,3)4)28(34)40-13-18-16-11-12-33(5)22(20(16)26(39-8)27-24(18)41-14-42-27)23-17-9-10-19(37-6)25(38-7)21(17)29(35)43-23/h9-10,15,22-23H,11-14H2,1-8H3,(H,32,36). The maximum Gasteiger partial charge on any atom is 0.408 e. The van der Waals surface area contributed by atoms with E-state index in [0.717, 1.165) is 11.1 Å². The van der Waals surface area contributed by atoms with E-state index in [1.807, 2.05) is 7.05 Å². The zero-order chi connectivity index (χ0) is 31.9. The summed E-state index contributed by atoms with van der Waals surface area (Å²) in [5.41, 5.74) is 2.41. The highest BCUT2D eigenvalue weighted by Gasteiger charge is 2.47. The molecule has 5 rings (SSSR count).